The molecule has 0 saturated carbocycles. The molecule has 7 heteroatoms. The van der Waals surface area contributed by atoms with E-state index in [1.165, 1.54) is 10.9 Å². The van der Waals surface area contributed by atoms with Crippen LogP contribution in [-0.4, -0.2) is 37.5 Å². The topological polar surface area (TPSA) is 87.9 Å². The predicted molar refractivity (Wildman–Crippen MR) is 112 cm³/mol. The third kappa shape index (κ3) is 3.58. The van der Waals surface area contributed by atoms with Crippen LogP contribution in [0.4, 0.5) is 0 Å². The fourth-order valence-electron chi connectivity index (χ4n) is 4.20. The Kier molecular flexibility index (Phi) is 5.01. The van der Waals surface area contributed by atoms with Crippen molar-refractivity contribution in [2.75, 3.05) is 6.54 Å². The fourth-order valence-corrected chi connectivity index (χ4v) is 4.20. The molecule has 5 rings (SSSR count). The smallest absolute Gasteiger partial charge is 0.249 e. The summed E-state index contributed by atoms with van der Waals surface area (Å²) < 4.78 is 5.57. The third-order valence-electron chi connectivity index (χ3n) is 5.77. The number of amides is 1. The van der Waals surface area contributed by atoms with Gasteiger partial charge in [0.05, 0.1) is 0 Å². The lowest BCUT2D eigenvalue weighted by molar-refractivity contribution is -0.135. The zero-order chi connectivity index (χ0) is 20.3. The number of rotatable bonds is 5. The first-order chi connectivity index (χ1) is 14.8. The van der Waals surface area contributed by atoms with E-state index < -0.39 is 0 Å². The normalized spacial score (nSPS) is 16.8. The first-order valence-electron chi connectivity index (χ1n) is 10.4. The van der Waals surface area contributed by atoms with Gasteiger partial charge in [-0.1, -0.05) is 23.4 Å². The van der Waals surface area contributed by atoms with Gasteiger partial charge in [-0.3, -0.25) is 9.78 Å². The van der Waals surface area contributed by atoms with Gasteiger partial charge in [0, 0.05) is 48.0 Å². The highest BCUT2D eigenvalue weighted by Gasteiger charge is 2.32. The van der Waals surface area contributed by atoms with Crippen LogP contribution in [0.5, 0.6) is 0 Å². The van der Waals surface area contributed by atoms with Gasteiger partial charge in [0.15, 0.2) is 0 Å². The molecular formula is C23H23N5O2. The fraction of sp³-hybridized carbons (Fsp3) is 0.304. The molecule has 1 aliphatic rings. The van der Waals surface area contributed by atoms with Crippen molar-refractivity contribution >= 4 is 16.8 Å². The molecule has 1 fully saturated rings. The highest BCUT2D eigenvalue weighted by atomic mass is 16.5. The van der Waals surface area contributed by atoms with Crippen molar-refractivity contribution < 1.29 is 9.32 Å². The van der Waals surface area contributed by atoms with Gasteiger partial charge < -0.3 is 14.4 Å². The van der Waals surface area contributed by atoms with Crippen molar-refractivity contribution in [3.63, 3.8) is 0 Å². The Hall–Kier alpha value is -3.48. The van der Waals surface area contributed by atoms with Crippen LogP contribution in [0.1, 0.15) is 43.2 Å². The Morgan fingerprint density at radius 1 is 1.17 bits per heavy atom. The van der Waals surface area contributed by atoms with Crippen LogP contribution in [0.25, 0.3) is 22.3 Å². The highest BCUT2D eigenvalue weighted by molar-refractivity contribution is 5.84. The minimum Gasteiger partial charge on any atom is -0.361 e. The van der Waals surface area contributed by atoms with E-state index >= 15 is 0 Å². The SMILES string of the molecule is O=C(CCc1c[nH]c2ccccc12)N1CCCC[C@H]1c1nc(-c2ccncc2)no1. The van der Waals surface area contributed by atoms with E-state index in [4.69, 9.17) is 4.52 Å². The number of hydrogen-bond donors (Lipinski definition) is 1. The van der Waals surface area contributed by atoms with E-state index in [0.29, 0.717) is 24.6 Å². The highest BCUT2D eigenvalue weighted by Crippen LogP contribution is 2.32. The van der Waals surface area contributed by atoms with Crippen LogP contribution >= 0.6 is 0 Å². The molecule has 3 aromatic heterocycles. The monoisotopic (exact) mass is 401 g/mol. The van der Waals surface area contributed by atoms with Gasteiger partial charge in [0.1, 0.15) is 6.04 Å². The quantitative estimate of drug-likeness (QED) is 0.539. The zero-order valence-electron chi connectivity index (χ0n) is 16.6. The maximum Gasteiger partial charge on any atom is 0.249 e. The summed E-state index contributed by atoms with van der Waals surface area (Å²) in [6, 6.07) is 11.7. The Bertz CT molecular complexity index is 1150. The van der Waals surface area contributed by atoms with Gasteiger partial charge in [-0.15, -0.1) is 0 Å². The van der Waals surface area contributed by atoms with E-state index in [9.17, 15) is 4.79 Å². The average Bonchev–Trinajstić information content (AvgIpc) is 3.46. The van der Waals surface area contributed by atoms with E-state index in [0.717, 1.165) is 36.9 Å². The van der Waals surface area contributed by atoms with E-state index in [2.05, 4.69) is 32.2 Å². The molecule has 7 nitrogen and oxygen atoms in total. The molecule has 0 unspecified atom stereocenters. The first kappa shape index (κ1) is 18.5. The number of aromatic amines is 1. The largest absolute Gasteiger partial charge is 0.361 e. The van der Waals surface area contributed by atoms with E-state index in [1.54, 1.807) is 12.4 Å². The second-order valence-corrected chi connectivity index (χ2v) is 7.65. The number of carbonyl (C=O) groups is 1. The summed E-state index contributed by atoms with van der Waals surface area (Å²) in [5.74, 6) is 1.18. The van der Waals surface area contributed by atoms with Crippen molar-refractivity contribution in [1.29, 1.82) is 0 Å². The number of nitrogens with zero attached hydrogens (tertiary/aromatic N) is 4. The van der Waals surface area contributed by atoms with Crippen molar-refractivity contribution in [3.05, 3.63) is 66.4 Å². The molecule has 1 aromatic carbocycles. The van der Waals surface area contributed by atoms with Crippen molar-refractivity contribution in [2.45, 2.75) is 38.1 Å². The van der Waals surface area contributed by atoms with Crippen LogP contribution in [0.15, 0.2) is 59.5 Å². The van der Waals surface area contributed by atoms with Gasteiger partial charge in [-0.25, -0.2) is 0 Å². The van der Waals surface area contributed by atoms with Gasteiger partial charge in [-0.2, -0.15) is 4.98 Å². The standard InChI is InChI=1S/C23H23N5O2/c29-21(9-8-17-15-25-19-6-2-1-5-18(17)19)28-14-4-3-7-20(28)23-26-22(27-30-23)16-10-12-24-13-11-16/h1-2,5-6,10-13,15,20,25H,3-4,7-9,14H2/t20-/m0/s1. The molecule has 0 bridgehead atoms. The van der Waals surface area contributed by atoms with E-state index in [-0.39, 0.29) is 11.9 Å². The number of pyridine rings is 1. The number of carbonyl (C=O) groups excluding carboxylic acids is 1. The maximum absolute atomic E-state index is 13.1. The first-order valence-corrected chi connectivity index (χ1v) is 10.4. The molecule has 0 radical (unpaired) electrons. The second kappa shape index (κ2) is 8.10. The van der Waals surface area contributed by atoms with Crippen molar-refractivity contribution in [2.24, 2.45) is 0 Å². The van der Waals surface area contributed by atoms with Gasteiger partial charge >= 0.3 is 0 Å². The summed E-state index contributed by atoms with van der Waals surface area (Å²) in [4.78, 5) is 26.9. The average molecular weight is 401 g/mol. The number of piperidine rings is 1. The molecule has 1 saturated heterocycles. The van der Waals surface area contributed by atoms with Crippen LogP contribution in [0, 0.1) is 0 Å². The number of H-pyrrole nitrogens is 1. The number of fused-ring (bicyclic) bond motifs is 1. The molecule has 1 amide bonds. The minimum atomic E-state index is -0.155. The van der Waals surface area contributed by atoms with Crippen LogP contribution in [-0.2, 0) is 11.2 Å². The third-order valence-corrected chi connectivity index (χ3v) is 5.77. The lowest BCUT2D eigenvalue weighted by Gasteiger charge is -2.33. The molecule has 0 spiro atoms. The predicted octanol–water partition coefficient (Wildman–Crippen LogP) is 4.30. The molecule has 30 heavy (non-hydrogen) atoms. The summed E-state index contributed by atoms with van der Waals surface area (Å²) in [5, 5.41) is 5.30. The molecule has 0 aliphatic carbocycles. The molecule has 1 aliphatic heterocycles. The van der Waals surface area contributed by atoms with Gasteiger partial charge in [-0.05, 0) is 49.4 Å². The lowest BCUT2D eigenvalue weighted by Crippen LogP contribution is -2.38. The molecular weight excluding hydrogens is 378 g/mol. The number of aryl methyl sites for hydroxylation is 1. The number of nitrogens with one attached hydrogen (secondary N) is 1. The van der Waals surface area contributed by atoms with Crippen LogP contribution in [0.2, 0.25) is 0 Å². The van der Waals surface area contributed by atoms with Gasteiger partial charge in [0.25, 0.3) is 0 Å². The Balaban J connectivity index is 1.31. The number of likely N-dealkylation sites (tertiary alicyclic amines) is 1. The summed E-state index contributed by atoms with van der Waals surface area (Å²) in [6.07, 6.45) is 9.47. The molecule has 4 aromatic rings. The zero-order valence-corrected chi connectivity index (χ0v) is 16.6. The number of aromatic nitrogens is 4. The molecule has 1 N–H and O–H groups in total. The Morgan fingerprint density at radius 2 is 2.03 bits per heavy atom. The summed E-state index contributed by atoms with van der Waals surface area (Å²) in [6.45, 7) is 0.727. The van der Waals surface area contributed by atoms with E-state index in [1.807, 2.05) is 35.4 Å². The van der Waals surface area contributed by atoms with Gasteiger partial charge in [0.2, 0.25) is 17.6 Å². The van der Waals surface area contributed by atoms with Crippen molar-refractivity contribution in [3.8, 4) is 11.4 Å². The van der Waals surface area contributed by atoms with Crippen molar-refractivity contribution in [1.82, 2.24) is 25.0 Å². The van der Waals surface area contributed by atoms with Crippen LogP contribution < -0.4 is 0 Å². The lowest BCUT2D eigenvalue weighted by atomic mass is 10.0. The minimum absolute atomic E-state index is 0.133. The number of benzene rings is 1. The summed E-state index contributed by atoms with van der Waals surface area (Å²) in [5.41, 5.74) is 3.13. The molecule has 152 valence electrons. The summed E-state index contributed by atoms with van der Waals surface area (Å²) in [7, 11) is 0. The number of hydrogen-bond acceptors (Lipinski definition) is 5. The molecule has 1 atom stereocenters. The van der Waals surface area contributed by atoms with Crippen LogP contribution in [0.3, 0.4) is 0 Å². The Morgan fingerprint density at radius 3 is 2.93 bits per heavy atom. The molecule has 4 heterocycles. The number of para-hydroxylation sites is 1. The Labute approximate surface area is 174 Å². The maximum atomic E-state index is 13.1. The summed E-state index contributed by atoms with van der Waals surface area (Å²) >= 11 is 0. The second-order valence-electron chi connectivity index (χ2n) is 7.65.